The predicted octanol–water partition coefficient (Wildman–Crippen LogP) is 3.07. The number of aliphatic hydroxyl groups is 1. The van der Waals surface area contributed by atoms with Gasteiger partial charge in [0, 0.05) is 24.3 Å². The Morgan fingerprint density at radius 1 is 1.06 bits per heavy atom. The minimum Gasteiger partial charge on any atom is -0.480 e. The number of fused-ring (bicyclic) bond motifs is 3. The van der Waals surface area contributed by atoms with Gasteiger partial charge in [0.2, 0.25) is 0 Å². The number of carboxylic acids is 1. The summed E-state index contributed by atoms with van der Waals surface area (Å²) < 4.78 is 5.45. The van der Waals surface area contributed by atoms with Crippen molar-refractivity contribution in [2.24, 2.45) is 0 Å². The molecule has 0 spiro atoms. The fourth-order valence-corrected chi connectivity index (χ4v) is 4.45. The highest BCUT2D eigenvalue weighted by molar-refractivity contribution is 7.14. The fraction of sp³-hybridized carbons (Fsp3) is 0.217. The van der Waals surface area contributed by atoms with E-state index in [1.54, 1.807) is 0 Å². The van der Waals surface area contributed by atoms with Gasteiger partial charge in [0.25, 0.3) is 5.91 Å². The van der Waals surface area contributed by atoms with Crippen LogP contribution in [0.2, 0.25) is 0 Å². The number of ether oxygens (including phenoxy) is 1. The summed E-state index contributed by atoms with van der Waals surface area (Å²) >= 11 is 1.01. The molecule has 0 unspecified atom stereocenters. The summed E-state index contributed by atoms with van der Waals surface area (Å²) in [7, 11) is 0. The Hall–Kier alpha value is -3.76. The van der Waals surface area contributed by atoms with Crippen LogP contribution in [0.25, 0.3) is 11.1 Å². The predicted molar refractivity (Wildman–Crippen MR) is 121 cm³/mol. The van der Waals surface area contributed by atoms with Crippen molar-refractivity contribution in [3.8, 4) is 11.1 Å². The van der Waals surface area contributed by atoms with Crippen LogP contribution in [0.5, 0.6) is 0 Å². The number of carbonyl (C=O) groups is 3. The van der Waals surface area contributed by atoms with Crippen LogP contribution in [-0.2, 0) is 9.53 Å². The van der Waals surface area contributed by atoms with Gasteiger partial charge in [-0.1, -0.05) is 48.5 Å². The van der Waals surface area contributed by atoms with Crippen molar-refractivity contribution in [3.63, 3.8) is 0 Å². The van der Waals surface area contributed by atoms with Crippen LogP contribution in [0.15, 0.2) is 53.9 Å². The van der Waals surface area contributed by atoms with Crippen LogP contribution in [0, 0.1) is 0 Å². The third kappa shape index (κ3) is 4.86. The van der Waals surface area contributed by atoms with Crippen LogP contribution in [0.4, 0.5) is 9.93 Å². The summed E-state index contributed by atoms with van der Waals surface area (Å²) in [5, 5.41) is 24.3. The molecule has 2 aromatic carbocycles. The maximum absolute atomic E-state index is 12.4. The van der Waals surface area contributed by atoms with Gasteiger partial charge in [0.1, 0.15) is 18.3 Å². The highest BCUT2D eigenvalue weighted by atomic mass is 32.1. The number of hydrogen-bond acceptors (Lipinski definition) is 7. The second-order valence-corrected chi connectivity index (χ2v) is 8.22. The number of nitrogens with zero attached hydrogens (tertiary/aromatic N) is 1. The first-order valence-corrected chi connectivity index (χ1v) is 11.1. The molecule has 4 N–H and O–H groups in total. The van der Waals surface area contributed by atoms with Gasteiger partial charge in [-0.3, -0.25) is 10.1 Å². The van der Waals surface area contributed by atoms with Crippen LogP contribution in [-0.4, -0.2) is 52.4 Å². The van der Waals surface area contributed by atoms with E-state index in [0.717, 1.165) is 33.6 Å². The zero-order chi connectivity index (χ0) is 23.4. The summed E-state index contributed by atoms with van der Waals surface area (Å²) in [5.74, 6) is -2.06. The molecule has 0 fully saturated rings. The average molecular weight is 468 g/mol. The van der Waals surface area contributed by atoms with E-state index in [1.165, 1.54) is 5.38 Å². The van der Waals surface area contributed by atoms with E-state index in [4.69, 9.17) is 14.9 Å². The molecular formula is C23H21N3O6S. The van der Waals surface area contributed by atoms with Gasteiger partial charge in [0.15, 0.2) is 5.13 Å². The molecule has 10 heteroatoms. The molecule has 0 saturated carbocycles. The van der Waals surface area contributed by atoms with Gasteiger partial charge in [-0.05, 0) is 22.3 Å². The highest BCUT2D eigenvalue weighted by Crippen LogP contribution is 2.44. The zero-order valence-electron chi connectivity index (χ0n) is 17.4. The normalized spacial score (nSPS) is 13.0. The Kier molecular flexibility index (Phi) is 6.66. The van der Waals surface area contributed by atoms with Crippen LogP contribution >= 0.6 is 11.3 Å². The van der Waals surface area contributed by atoms with Crippen molar-refractivity contribution in [3.05, 3.63) is 70.7 Å². The minimum absolute atomic E-state index is 0.0434. The number of benzene rings is 2. The Morgan fingerprint density at radius 3 is 2.30 bits per heavy atom. The van der Waals surface area contributed by atoms with E-state index < -0.39 is 24.0 Å². The standard InChI is InChI=1S/C23H21N3O6S/c27-10-9-18(21(29)30)24-20(28)19-12-33-22(25-19)26-23(31)32-11-17-15-7-3-1-5-13(15)14-6-2-4-8-16(14)17/h1-8,12,17-18,27H,9-11H2,(H,24,28)(H,29,30)(H,25,26,31)/t18-/m1/s1. The van der Waals surface area contributed by atoms with Crippen molar-refractivity contribution in [2.75, 3.05) is 18.5 Å². The van der Waals surface area contributed by atoms with Crippen molar-refractivity contribution in [1.29, 1.82) is 0 Å². The molecule has 0 radical (unpaired) electrons. The van der Waals surface area contributed by atoms with Crippen molar-refractivity contribution < 1.29 is 29.3 Å². The second kappa shape index (κ2) is 9.80. The molecule has 4 rings (SSSR count). The third-order valence-electron chi connectivity index (χ3n) is 5.31. The number of hydrogen-bond donors (Lipinski definition) is 4. The first kappa shape index (κ1) is 22.4. The lowest BCUT2D eigenvalue weighted by atomic mass is 9.98. The lowest BCUT2D eigenvalue weighted by molar-refractivity contribution is -0.139. The van der Waals surface area contributed by atoms with E-state index in [9.17, 15) is 14.4 Å². The van der Waals surface area contributed by atoms with Gasteiger partial charge in [-0.2, -0.15) is 0 Å². The molecule has 1 aromatic heterocycles. The first-order valence-electron chi connectivity index (χ1n) is 10.2. The number of aromatic nitrogens is 1. The smallest absolute Gasteiger partial charge is 0.413 e. The van der Waals surface area contributed by atoms with Crippen LogP contribution < -0.4 is 10.6 Å². The molecular weight excluding hydrogens is 446 g/mol. The Labute approximate surface area is 193 Å². The Bertz CT molecular complexity index is 1150. The Balaban J connectivity index is 1.36. The largest absolute Gasteiger partial charge is 0.480 e. The number of carbonyl (C=O) groups excluding carboxylic acids is 2. The van der Waals surface area contributed by atoms with Gasteiger partial charge >= 0.3 is 12.1 Å². The zero-order valence-corrected chi connectivity index (χ0v) is 18.2. The molecule has 170 valence electrons. The molecule has 9 nitrogen and oxygen atoms in total. The Morgan fingerprint density at radius 2 is 1.70 bits per heavy atom. The summed E-state index contributed by atoms with van der Waals surface area (Å²) in [5.41, 5.74) is 4.39. The number of carboxylic acid groups (broad SMARTS) is 1. The molecule has 0 saturated heterocycles. The van der Waals surface area contributed by atoms with E-state index in [-0.39, 0.29) is 36.4 Å². The quantitative estimate of drug-likeness (QED) is 0.399. The SMILES string of the molecule is O=C(Nc1nc(C(=O)N[C@H](CCO)C(=O)O)cs1)OCC1c2ccccc2-c2ccccc21. The molecule has 1 heterocycles. The number of amides is 2. The number of aliphatic hydroxyl groups excluding tert-OH is 1. The van der Waals surface area contributed by atoms with Gasteiger partial charge in [-0.25, -0.2) is 14.6 Å². The molecule has 0 bridgehead atoms. The summed E-state index contributed by atoms with van der Waals surface area (Å²) in [6, 6.07) is 14.8. The molecule has 1 aliphatic rings. The van der Waals surface area contributed by atoms with Crippen LogP contribution in [0.1, 0.15) is 34.0 Å². The molecule has 3 aromatic rings. The van der Waals surface area contributed by atoms with E-state index in [0.29, 0.717) is 0 Å². The van der Waals surface area contributed by atoms with Crippen molar-refractivity contribution in [1.82, 2.24) is 10.3 Å². The third-order valence-corrected chi connectivity index (χ3v) is 6.07. The molecule has 0 aliphatic heterocycles. The lowest BCUT2D eigenvalue weighted by Crippen LogP contribution is -2.41. The number of thiazole rings is 1. The van der Waals surface area contributed by atoms with Gasteiger partial charge < -0.3 is 20.3 Å². The van der Waals surface area contributed by atoms with Crippen molar-refractivity contribution >= 4 is 34.4 Å². The minimum atomic E-state index is -1.26. The summed E-state index contributed by atoms with van der Waals surface area (Å²) in [6.07, 6.45) is -0.836. The number of aliphatic carboxylic acids is 1. The average Bonchev–Trinajstić information content (AvgIpc) is 3.40. The van der Waals surface area contributed by atoms with Gasteiger partial charge in [-0.15, -0.1) is 11.3 Å². The first-order chi connectivity index (χ1) is 16.0. The topological polar surface area (TPSA) is 138 Å². The van der Waals surface area contributed by atoms with Crippen LogP contribution in [0.3, 0.4) is 0 Å². The molecule has 33 heavy (non-hydrogen) atoms. The number of nitrogens with one attached hydrogen (secondary N) is 2. The lowest BCUT2D eigenvalue weighted by Gasteiger charge is -2.14. The monoisotopic (exact) mass is 467 g/mol. The maximum Gasteiger partial charge on any atom is 0.413 e. The summed E-state index contributed by atoms with van der Waals surface area (Å²) in [6.45, 7) is -0.247. The summed E-state index contributed by atoms with van der Waals surface area (Å²) in [4.78, 5) is 39.7. The van der Waals surface area contributed by atoms with E-state index in [2.05, 4.69) is 15.6 Å². The van der Waals surface area contributed by atoms with Gasteiger partial charge in [0.05, 0.1) is 0 Å². The fourth-order valence-electron chi connectivity index (χ4n) is 3.78. The highest BCUT2D eigenvalue weighted by Gasteiger charge is 2.29. The van der Waals surface area contributed by atoms with E-state index >= 15 is 0 Å². The molecule has 1 aliphatic carbocycles. The molecule has 1 atom stereocenters. The van der Waals surface area contributed by atoms with E-state index in [1.807, 2.05) is 48.5 Å². The number of anilines is 1. The maximum atomic E-state index is 12.4. The molecule has 2 amide bonds. The number of rotatable bonds is 8. The van der Waals surface area contributed by atoms with Crippen molar-refractivity contribution in [2.45, 2.75) is 18.4 Å². The second-order valence-electron chi connectivity index (χ2n) is 7.37.